The van der Waals surface area contributed by atoms with Gasteiger partial charge >= 0.3 is 0 Å². The molecule has 0 saturated heterocycles. The lowest BCUT2D eigenvalue weighted by molar-refractivity contribution is 0.414. The van der Waals surface area contributed by atoms with E-state index < -0.39 is 0 Å². The highest BCUT2D eigenvalue weighted by Crippen LogP contribution is 2.20. The van der Waals surface area contributed by atoms with E-state index in [0.29, 0.717) is 0 Å². The molecule has 0 amide bonds. The Kier molecular flexibility index (Phi) is 3.99. The molecule has 0 aliphatic heterocycles. The maximum Gasteiger partial charge on any atom is 0.126 e. The summed E-state index contributed by atoms with van der Waals surface area (Å²) >= 11 is 3.42. The third-order valence-corrected chi connectivity index (χ3v) is 2.99. The van der Waals surface area contributed by atoms with Crippen LogP contribution in [0.25, 0.3) is 12.2 Å². The lowest BCUT2D eigenvalue weighted by atomic mass is 10.1. The predicted molar refractivity (Wildman–Crippen MR) is 76.1 cm³/mol. The van der Waals surface area contributed by atoms with Crippen LogP contribution in [-0.2, 0) is 0 Å². The third-order valence-electron chi connectivity index (χ3n) is 2.46. The quantitative estimate of drug-likeness (QED) is 0.749. The number of rotatable bonds is 3. The number of halogens is 1. The van der Waals surface area contributed by atoms with Crippen LogP contribution in [0.2, 0.25) is 0 Å². The van der Waals surface area contributed by atoms with E-state index in [1.807, 2.05) is 36.4 Å². The molecule has 0 aliphatic rings. The minimum Gasteiger partial charge on any atom is -0.496 e. The maximum absolute atomic E-state index is 5.29. The second-order valence-electron chi connectivity index (χ2n) is 3.63. The summed E-state index contributed by atoms with van der Waals surface area (Å²) in [6, 6.07) is 16.2. The van der Waals surface area contributed by atoms with E-state index in [9.17, 15) is 0 Å². The van der Waals surface area contributed by atoms with Gasteiger partial charge in [-0.05, 0) is 23.8 Å². The monoisotopic (exact) mass is 288 g/mol. The summed E-state index contributed by atoms with van der Waals surface area (Å²) in [4.78, 5) is 0. The van der Waals surface area contributed by atoms with Crippen molar-refractivity contribution in [2.45, 2.75) is 0 Å². The smallest absolute Gasteiger partial charge is 0.126 e. The van der Waals surface area contributed by atoms with Gasteiger partial charge in [0.05, 0.1) is 7.11 Å². The fourth-order valence-corrected chi connectivity index (χ4v) is 1.83. The van der Waals surface area contributed by atoms with Crippen molar-refractivity contribution in [1.29, 1.82) is 0 Å². The van der Waals surface area contributed by atoms with Gasteiger partial charge in [-0.3, -0.25) is 0 Å². The molecule has 2 rings (SSSR count). The molecule has 0 heterocycles. The Morgan fingerprint density at radius 2 is 1.65 bits per heavy atom. The van der Waals surface area contributed by atoms with Gasteiger partial charge in [-0.2, -0.15) is 0 Å². The number of methoxy groups -OCH3 is 1. The Balaban J connectivity index is 2.22. The molecule has 0 atom stereocenters. The van der Waals surface area contributed by atoms with Crippen LogP contribution in [0.1, 0.15) is 11.1 Å². The van der Waals surface area contributed by atoms with Crippen molar-refractivity contribution in [3.05, 3.63) is 64.1 Å². The van der Waals surface area contributed by atoms with Gasteiger partial charge in [0.25, 0.3) is 0 Å². The van der Waals surface area contributed by atoms with Gasteiger partial charge in [0.2, 0.25) is 0 Å². The molecule has 2 aromatic carbocycles. The molecular weight excluding hydrogens is 276 g/mol. The van der Waals surface area contributed by atoms with Crippen molar-refractivity contribution < 1.29 is 4.74 Å². The summed E-state index contributed by atoms with van der Waals surface area (Å²) in [5.41, 5.74) is 2.25. The van der Waals surface area contributed by atoms with Crippen LogP contribution in [0.4, 0.5) is 0 Å². The zero-order valence-electron chi connectivity index (χ0n) is 9.56. The molecule has 0 unspecified atom stereocenters. The van der Waals surface area contributed by atoms with Gasteiger partial charge in [-0.15, -0.1) is 0 Å². The molecule has 0 bridgehead atoms. The summed E-state index contributed by atoms with van der Waals surface area (Å²) in [6.07, 6.45) is 4.13. The standard InChI is InChI=1S/C15H13BrO/c1-17-15-5-3-2-4-13(15)9-6-12-7-10-14(16)11-8-12/h2-11H,1H3. The van der Waals surface area contributed by atoms with Crippen molar-refractivity contribution in [3.8, 4) is 5.75 Å². The Morgan fingerprint density at radius 3 is 2.35 bits per heavy atom. The largest absolute Gasteiger partial charge is 0.496 e. The molecule has 86 valence electrons. The second-order valence-corrected chi connectivity index (χ2v) is 4.54. The first kappa shape index (κ1) is 11.9. The van der Waals surface area contributed by atoms with Gasteiger partial charge in [-0.1, -0.05) is 58.4 Å². The SMILES string of the molecule is COc1ccccc1C=Cc1ccc(Br)cc1. The van der Waals surface area contributed by atoms with Crippen molar-refractivity contribution in [2.75, 3.05) is 7.11 Å². The van der Waals surface area contributed by atoms with Crippen molar-refractivity contribution in [3.63, 3.8) is 0 Å². The Labute approximate surface area is 110 Å². The molecular formula is C15H13BrO. The molecule has 2 heteroatoms. The lowest BCUT2D eigenvalue weighted by Crippen LogP contribution is -1.85. The van der Waals surface area contributed by atoms with E-state index in [0.717, 1.165) is 15.8 Å². The summed E-state index contributed by atoms with van der Waals surface area (Å²) in [5, 5.41) is 0. The first-order valence-corrected chi connectivity index (χ1v) is 6.15. The molecule has 0 aliphatic carbocycles. The summed E-state index contributed by atoms with van der Waals surface area (Å²) in [5.74, 6) is 0.890. The fraction of sp³-hybridized carbons (Fsp3) is 0.0667. The fourth-order valence-electron chi connectivity index (χ4n) is 1.56. The zero-order chi connectivity index (χ0) is 12.1. The molecule has 0 spiro atoms. The average molecular weight is 289 g/mol. The van der Waals surface area contributed by atoms with Crippen LogP contribution < -0.4 is 4.74 Å². The van der Waals surface area contributed by atoms with Crippen LogP contribution in [0.3, 0.4) is 0 Å². The molecule has 2 aromatic rings. The molecule has 0 saturated carbocycles. The number of benzene rings is 2. The molecule has 0 radical (unpaired) electrons. The lowest BCUT2D eigenvalue weighted by Gasteiger charge is -2.03. The van der Waals surface area contributed by atoms with E-state index in [2.05, 4.69) is 40.2 Å². The first-order chi connectivity index (χ1) is 8.29. The topological polar surface area (TPSA) is 9.23 Å². The molecule has 1 nitrogen and oxygen atoms in total. The normalized spacial score (nSPS) is 10.7. The summed E-state index contributed by atoms with van der Waals surface area (Å²) in [7, 11) is 1.69. The molecule has 0 fully saturated rings. The van der Waals surface area contributed by atoms with Gasteiger partial charge < -0.3 is 4.74 Å². The second kappa shape index (κ2) is 5.69. The first-order valence-electron chi connectivity index (χ1n) is 5.36. The molecule has 0 N–H and O–H groups in total. The number of ether oxygens (including phenoxy) is 1. The minimum atomic E-state index is 0.890. The van der Waals surface area contributed by atoms with Crippen LogP contribution in [0.5, 0.6) is 5.75 Å². The molecule has 17 heavy (non-hydrogen) atoms. The van der Waals surface area contributed by atoms with Crippen molar-refractivity contribution in [2.24, 2.45) is 0 Å². The van der Waals surface area contributed by atoms with Crippen LogP contribution in [0, 0.1) is 0 Å². The van der Waals surface area contributed by atoms with Gasteiger partial charge in [0.15, 0.2) is 0 Å². The molecule has 0 aromatic heterocycles. The summed E-state index contributed by atoms with van der Waals surface area (Å²) < 4.78 is 6.38. The van der Waals surface area contributed by atoms with Crippen LogP contribution in [0.15, 0.2) is 53.0 Å². The van der Waals surface area contributed by atoms with Crippen LogP contribution in [-0.4, -0.2) is 7.11 Å². The Morgan fingerprint density at radius 1 is 0.941 bits per heavy atom. The van der Waals surface area contributed by atoms with E-state index in [1.165, 1.54) is 5.56 Å². The van der Waals surface area contributed by atoms with Crippen molar-refractivity contribution >= 4 is 28.1 Å². The van der Waals surface area contributed by atoms with E-state index >= 15 is 0 Å². The zero-order valence-corrected chi connectivity index (χ0v) is 11.1. The van der Waals surface area contributed by atoms with Gasteiger partial charge in [0.1, 0.15) is 5.75 Å². The third kappa shape index (κ3) is 3.21. The van der Waals surface area contributed by atoms with E-state index in [-0.39, 0.29) is 0 Å². The predicted octanol–water partition coefficient (Wildman–Crippen LogP) is 4.63. The minimum absolute atomic E-state index is 0.890. The number of hydrogen-bond acceptors (Lipinski definition) is 1. The Hall–Kier alpha value is -1.54. The Bertz CT molecular complexity index is 515. The highest BCUT2D eigenvalue weighted by molar-refractivity contribution is 9.10. The van der Waals surface area contributed by atoms with Crippen LogP contribution >= 0.6 is 15.9 Å². The summed E-state index contributed by atoms with van der Waals surface area (Å²) in [6.45, 7) is 0. The highest BCUT2D eigenvalue weighted by Gasteiger charge is 1.96. The van der Waals surface area contributed by atoms with Gasteiger partial charge in [0, 0.05) is 10.0 Å². The average Bonchev–Trinajstić information content (AvgIpc) is 2.38. The van der Waals surface area contributed by atoms with Gasteiger partial charge in [-0.25, -0.2) is 0 Å². The van der Waals surface area contributed by atoms with E-state index in [1.54, 1.807) is 7.11 Å². The number of para-hydroxylation sites is 1. The maximum atomic E-state index is 5.29. The highest BCUT2D eigenvalue weighted by atomic mass is 79.9. The van der Waals surface area contributed by atoms with Crippen molar-refractivity contribution in [1.82, 2.24) is 0 Å². The number of hydrogen-bond donors (Lipinski definition) is 0. The van der Waals surface area contributed by atoms with E-state index in [4.69, 9.17) is 4.74 Å².